The van der Waals surface area contributed by atoms with Crippen LogP contribution in [0.1, 0.15) is 0 Å². The average molecular weight is 452 g/mol. The number of nitrogens with zero attached hydrogens (tertiary/aromatic N) is 1. The smallest absolute Gasteiger partial charge is 0.257 e. The third-order valence-electron chi connectivity index (χ3n) is 3.39. The lowest BCUT2D eigenvalue weighted by molar-refractivity contribution is -0.119. The zero-order chi connectivity index (χ0) is 18.6. The fraction of sp³-hybridized carbons (Fsp3) is 0.0588. The van der Waals surface area contributed by atoms with Gasteiger partial charge >= 0.3 is 0 Å². The number of benzene rings is 2. The molecule has 2 N–H and O–H groups in total. The van der Waals surface area contributed by atoms with E-state index in [1.165, 1.54) is 23.9 Å². The van der Waals surface area contributed by atoms with Gasteiger partial charge in [-0.1, -0.05) is 40.2 Å². The number of para-hydroxylation sites is 1. The summed E-state index contributed by atoms with van der Waals surface area (Å²) in [5.74, 6) is -0.405. The Hall–Kier alpha value is -1.94. The minimum atomic E-state index is -3.83. The summed E-state index contributed by atoms with van der Waals surface area (Å²) in [5.41, 5.74) is 3.03. The number of fused-ring (bicyclic) bond motifs is 1. The third-order valence-corrected chi connectivity index (χ3v) is 6.17. The number of hydrogen-bond acceptors (Lipinski definition) is 5. The zero-order valence-corrected chi connectivity index (χ0v) is 16.6. The molecular formula is C17H14BrN3O3S2. The molecule has 1 aromatic heterocycles. The molecule has 1 amide bonds. The van der Waals surface area contributed by atoms with Gasteiger partial charge in [-0.05, 0) is 30.3 Å². The van der Waals surface area contributed by atoms with Gasteiger partial charge in [0.2, 0.25) is 5.91 Å². The number of rotatable bonds is 6. The first kappa shape index (κ1) is 18.8. The van der Waals surface area contributed by atoms with Crippen LogP contribution in [0.15, 0.2) is 75.1 Å². The summed E-state index contributed by atoms with van der Waals surface area (Å²) >= 11 is 4.51. The van der Waals surface area contributed by atoms with E-state index in [2.05, 4.69) is 31.2 Å². The normalized spacial score (nSPS) is 11.4. The van der Waals surface area contributed by atoms with Crippen LogP contribution in [-0.2, 0) is 14.8 Å². The molecule has 3 rings (SSSR count). The van der Waals surface area contributed by atoms with Gasteiger partial charge in [-0.3, -0.25) is 15.2 Å². The quantitative estimate of drug-likeness (QED) is 0.443. The van der Waals surface area contributed by atoms with Gasteiger partial charge < -0.3 is 0 Å². The van der Waals surface area contributed by atoms with E-state index in [0.29, 0.717) is 4.47 Å². The van der Waals surface area contributed by atoms with Crippen molar-refractivity contribution in [2.45, 2.75) is 9.79 Å². The van der Waals surface area contributed by atoms with Crippen LogP contribution in [-0.4, -0.2) is 25.1 Å². The summed E-state index contributed by atoms with van der Waals surface area (Å²) in [7, 11) is -3.83. The van der Waals surface area contributed by atoms with E-state index < -0.39 is 15.9 Å². The van der Waals surface area contributed by atoms with E-state index in [1.807, 2.05) is 30.3 Å². The maximum atomic E-state index is 12.2. The molecule has 9 heteroatoms. The van der Waals surface area contributed by atoms with Gasteiger partial charge in [0.05, 0.1) is 16.2 Å². The summed E-state index contributed by atoms with van der Waals surface area (Å²) in [6.07, 6.45) is 1.69. The number of hydrogen-bond donors (Lipinski definition) is 2. The number of carbonyl (C=O) groups is 1. The fourth-order valence-electron chi connectivity index (χ4n) is 2.19. The van der Waals surface area contributed by atoms with Gasteiger partial charge in [0.15, 0.2) is 0 Å². The Kier molecular flexibility index (Phi) is 5.92. The number of aromatic nitrogens is 1. The Morgan fingerprint density at radius 2 is 1.88 bits per heavy atom. The largest absolute Gasteiger partial charge is 0.277 e. The van der Waals surface area contributed by atoms with Gasteiger partial charge in [0.25, 0.3) is 10.0 Å². The second kappa shape index (κ2) is 8.17. The molecule has 0 spiro atoms. The molecule has 26 heavy (non-hydrogen) atoms. The molecule has 0 bridgehead atoms. The number of nitrogens with one attached hydrogen (secondary N) is 2. The second-order valence-corrected chi connectivity index (χ2v) is 8.85. The molecule has 0 saturated carbocycles. The summed E-state index contributed by atoms with van der Waals surface area (Å²) in [6.45, 7) is 0. The predicted octanol–water partition coefficient (Wildman–Crippen LogP) is 3.10. The summed E-state index contributed by atoms with van der Waals surface area (Å²) in [4.78, 5) is 19.3. The van der Waals surface area contributed by atoms with Crippen molar-refractivity contribution in [2.24, 2.45) is 0 Å². The molecule has 0 atom stereocenters. The number of hydrazine groups is 1. The van der Waals surface area contributed by atoms with E-state index in [0.717, 1.165) is 15.8 Å². The van der Waals surface area contributed by atoms with Gasteiger partial charge in [-0.2, -0.15) is 0 Å². The zero-order valence-electron chi connectivity index (χ0n) is 13.3. The lowest BCUT2D eigenvalue weighted by Crippen LogP contribution is -2.42. The van der Waals surface area contributed by atoms with E-state index in [4.69, 9.17) is 0 Å². The molecule has 0 radical (unpaired) electrons. The number of amides is 1. The van der Waals surface area contributed by atoms with Crippen molar-refractivity contribution < 1.29 is 13.2 Å². The van der Waals surface area contributed by atoms with Crippen LogP contribution in [0.3, 0.4) is 0 Å². The van der Waals surface area contributed by atoms with Crippen molar-refractivity contribution in [3.05, 3.63) is 65.3 Å². The van der Waals surface area contributed by atoms with Crippen molar-refractivity contribution in [1.29, 1.82) is 0 Å². The molecule has 0 aliphatic heterocycles. The summed E-state index contributed by atoms with van der Waals surface area (Å²) in [5, 5.41) is 0.980. The Morgan fingerprint density at radius 1 is 1.12 bits per heavy atom. The van der Waals surface area contributed by atoms with Crippen LogP contribution in [0.4, 0.5) is 0 Å². The molecule has 0 aliphatic carbocycles. The highest BCUT2D eigenvalue weighted by molar-refractivity contribution is 9.10. The highest BCUT2D eigenvalue weighted by Gasteiger charge is 2.15. The first-order valence-corrected chi connectivity index (χ1v) is 10.7. The number of thioether (sulfide) groups is 1. The number of carbonyl (C=O) groups excluding carboxylic acids is 1. The van der Waals surface area contributed by atoms with Gasteiger partial charge in [0, 0.05) is 21.0 Å². The van der Waals surface area contributed by atoms with Crippen LogP contribution in [0.5, 0.6) is 0 Å². The van der Waals surface area contributed by atoms with Crippen LogP contribution >= 0.6 is 27.7 Å². The molecule has 0 fully saturated rings. The van der Waals surface area contributed by atoms with E-state index in [9.17, 15) is 13.2 Å². The Bertz CT molecular complexity index is 1050. The molecular weight excluding hydrogens is 438 g/mol. The van der Waals surface area contributed by atoms with E-state index >= 15 is 0 Å². The van der Waals surface area contributed by atoms with E-state index in [-0.39, 0.29) is 10.6 Å². The highest BCUT2D eigenvalue weighted by Crippen LogP contribution is 2.25. The van der Waals surface area contributed by atoms with Crippen molar-refractivity contribution in [2.75, 3.05) is 5.75 Å². The Labute approximate surface area is 163 Å². The average Bonchev–Trinajstić information content (AvgIpc) is 2.65. The maximum absolute atomic E-state index is 12.2. The number of halogens is 1. The molecule has 3 aromatic rings. The minimum absolute atomic E-state index is 0.0523. The lowest BCUT2D eigenvalue weighted by atomic mass is 10.2. The minimum Gasteiger partial charge on any atom is -0.277 e. The SMILES string of the molecule is O=C(CSc1cccc2cccnc12)NNS(=O)(=O)c1cccc(Br)c1. The van der Waals surface area contributed by atoms with Gasteiger partial charge in [-0.25, -0.2) is 8.42 Å². The number of sulfonamides is 1. The molecule has 0 unspecified atom stereocenters. The Balaban J connectivity index is 1.61. The second-order valence-electron chi connectivity index (χ2n) is 5.23. The molecule has 6 nitrogen and oxygen atoms in total. The van der Waals surface area contributed by atoms with Crippen LogP contribution < -0.4 is 10.3 Å². The standard InChI is InChI=1S/C17H14BrN3O3S2/c18-13-6-2-7-14(10-13)26(23,24)21-20-16(22)11-25-15-8-1-4-12-5-3-9-19-17(12)15/h1-10,21H,11H2,(H,20,22). The first-order valence-electron chi connectivity index (χ1n) is 7.48. The van der Waals surface area contributed by atoms with Gasteiger partial charge in [0.1, 0.15) is 0 Å². The van der Waals surface area contributed by atoms with Crippen LogP contribution in [0, 0.1) is 0 Å². The predicted molar refractivity (Wildman–Crippen MR) is 105 cm³/mol. The van der Waals surface area contributed by atoms with Crippen molar-refractivity contribution in [3.8, 4) is 0 Å². The molecule has 2 aromatic carbocycles. The first-order chi connectivity index (χ1) is 12.5. The summed E-state index contributed by atoms with van der Waals surface area (Å²) in [6, 6.07) is 15.7. The van der Waals surface area contributed by atoms with Crippen LogP contribution in [0.25, 0.3) is 10.9 Å². The van der Waals surface area contributed by atoms with Crippen LogP contribution in [0.2, 0.25) is 0 Å². The Morgan fingerprint density at radius 3 is 2.69 bits per heavy atom. The molecule has 0 aliphatic rings. The highest BCUT2D eigenvalue weighted by atomic mass is 79.9. The van der Waals surface area contributed by atoms with Gasteiger partial charge in [-0.15, -0.1) is 16.6 Å². The topological polar surface area (TPSA) is 88.2 Å². The molecule has 1 heterocycles. The summed E-state index contributed by atoms with van der Waals surface area (Å²) < 4.78 is 25.0. The lowest BCUT2D eigenvalue weighted by Gasteiger charge is -2.09. The fourth-order valence-corrected chi connectivity index (χ4v) is 4.49. The monoisotopic (exact) mass is 451 g/mol. The van der Waals surface area contributed by atoms with Crippen molar-refractivity contribution in [3.63, 3.8) is 0 Å². The molecule has 134 valence electrons. The third kappa shape index (κ3) is 4.61. The molecule has 0 saturated heterocycles. The van der Waals surface area contributed by atoms with E-state index in [1.54, 1.807) is 18.3 Å². The maximum Gasteiger partial charge on any atom is 0.257 e. The van der Waals surface area contributed by atoms with Crippen molar-refractivity contribution >= 4 is 54.5 Å². The van der Waals surface area contributed by atoms with Crippen molar-refractivity contribution in [1.82, 2.24) is 15.2 Å². The number of pyridine rings is 1.